The van der Waals surface area contributed by atoms with E-state index in [4.69, 9.17) is 0 Å². The van der Waals surface area contributed by atoms with Gasteiger partial charge >= 0.3 is 5.97 Å². The molecule has 12 heavy (non-hydrogen) atoms. The van der Waals surface area contributed by atoms with E-state index in [9.17, 15) is 4.79 Å². The number of aliphatic imine (C=N–C) groups is 1. The lowest BCUT2D eigenvalue weighted by molar-refractivity contribution is -0.132. The minimum absolute atomic E-state index is 0.346. The Bertz CT molecular complexity index is 235. The molecule has 0 aromatic carbocycles. The monoisotopic (exact) mass is 165 g/mol. The molecule has 0 N–H and O–H groups in total. The molecule has 0 spiro atoms. The van der Waals surface area contributed by atoms with Gasteiger partial charge in [-0.3, -0.25) is 4.99 Å². The number of esters is 1. The second-order valence-electron chi connectivity index (χ2n) is 2.74. The number of carbonyl (C=O) groups excluding carboxylic acids is 1. The predicted molar refractivity (Wildman–Crippen MR) is 50.2 cm³/mol. The molecule has 64 valence electrons. The summed E-state index contributed by atoms with van der Waals surface area (Å²) in [5.41, 5.74) is 0.433. The van der Waals surface area contributed by atoms with Crippen molar-refractivity contribution < 1.29 is 9.53 Å². The molecule has 1 rings (SSSR count). The van der Waals surface area contributed by atoms with E-state index in [2.05, 4.69) is 16.6 Å². The van der Waals surface area contributed by atoms with Gasteiger partial charge in [0.25, 0.3) is 0 Å². The maximum absolute atomic E-state index is 11.0. The Morgan fingerprint density at radius 2 is 2.58 bits per heavy atom. The third kappa shape index (κ3) is 1.97. The van der Waals surface area contributed by atoms with Gasteiger partial charge in [0.05, 0.1) is 7.11 Å². The summed E-state index contributed by atoms with van der Waals surface area (Å²) >= 11 is 0. The first-order chi connectivity index (χ1) is 5.77. The molecule has 0 aromatic rings. The molecular formula is C8H12BNO2. The highest BCUT2D eigenvalue weighted by molar-refractivity contribution is 6.42. The molecule has 0 saturated carbocycles. The summed E-state index contributed by atoms with van der Waals surface area (Å²) < 4.78 is 4.54. The van der Waals surface area contributed by atoms with E-state index in [1.807, 2.05) is 6.08 Å². The van der Waals surface area contributed by atoms with Crippen LogP contribution in [0.2, 0.25) is 12.6 Å². The number of methoxy groups -OCH3 is 1. The highest BCUT2D eigenvalue weighted by atomic mass is 16.5. The Morgan fingerprint density at radius 1 is 1.83 bits per heavy atom. The minimum Gasteiger partial charge on any atom is -0.464 e. The zero-order valence-electron chi connectivity index (χ0n) is 7.41. The van der Waals surface area contributed by atoms with Crippen molar-refractivity contribution in [1.29, 1.82) is 0 Å². The predicted octanol–water partition coefficient (Wildman–Crippen LogP) is 0.443. The molecule has 0 saturated heterocycles. The van der Waals surface area contributed by atoms with Crippen LogP contribution in [-0.2, 0) is 9.53 Å². The van der Waals surface area contributed by atoms with Crippen molar-refractivity contribution in [2.24, 2.45) is 4.99 Å². The van der Waals surface area contributed by atoms with Crippen molar-refractivity contribution >= 4 is 19.0 Å². The number of rotatable bonds is 2. The van der Waals surface area contributed by atoms with Crippen molar-refractivity contribution in [2.75, 3.05) is 13.7 Å². The smallest absolute Gasteiger partial charge is 0.356 e. The zero-order chi connectivity index (χ0) is 8.97. The van der Waals surface area contributed by atoms with Crippen LogP contribution in [0.4, 0.5) is 0 Å². The summed E-state index contributed by atoms with van der Waals surface area (Å²) in [5, 5.41) is 0. The lowest BCUT2D eigenvalue weighted by Gasteiger charge is -2.11. The van der Waals surface area contributed by atoms with Crippen LogP contribution in [0.1, 0.15) is 0 Å². The van der Waals surface area contributed by atoms with E-state index in [0.29, 0.717) is 18.1 Å². The molecule has 0 bridgehead atoms. The van der Waals surface area contributed by atoms with Gasteiger partial charge in [-0.2, -0.15) is 0 Å². The highest BCUT2D eigenvalue weighted by Crippen LogP contribution is 2.11. The van der Waals surface area contributed by atoms with Gasteiger partial charge in [0.2, 0.25) is 0 Å². The van der Waals surface area contributed by atoms with Crippen molar-refractivity contribution in [1.82, 2.24) is 0 Å². The molecule has 4 heteroatoms. The Labute approximate surface area is 72.8 Å². The fraction of sp³-hybridized carbons (Fsp3) is 0.500. The lowest BCUT2D eigenvalue weighted by Crippen LogP contribution is -2.18. The minimum atomic E-state index is -0.346. The summed E-state index contributed by atoms with van der Waals surface area (Å²) in [6.07, 6.45) is 3.75. The van der Waals surface area contributed by atoms with Gasteiger partial charge in [-0.05, 0) is 11.9 Å². The first-order valence-corrected chi connectivity index (χ1v) is 4.09. The number of carbonyl (C=O) groups is 1. The third-order valence-corrected chi connectivity index (χ3v) is 1.94. The van der Waals surface area contributed by atoms with E-state index in [-0.39, 0.29) is 5.97 Å². The van der Waals surface area contributed by atoms with Crippen molar-refractivity contribution in [3.8, 4) is 0 Å². The topological polar surface area (TPSA) is 38.7 Å². The molecule has 3 nitrogen and oxygen atoms in total. The molecule has 1 aliphatic heterocycles. The normalized spacial score (nSPS) is 21.5. The summed E-state index contributed by atoms with van der Waals surface area (Å²) in [6, 6.07) is 0. The summed E-state index contributed by atoms with van der Waals surface area (Å²) in [6.45, 7) is 2.81. The van der Waals surface area contributed by atoms with Crippen LogP contribution in [0.15, 0.2) is 17.1 Å². The fourth-order valence-electron chi connectivity index (χ4n) is 1.06. The van der Waals surface area contributed by atoms with Crippen LogP contribution < -0.4 is 0 Å². The maximum Gasteiger partial charge on any atom is 0.356 e. The molecule has 1 heterocycles. The van der Waals surface area contributed by atoms with Gasteiger partial charge in [0.15, 0.2) is 0 Å². The third-order valence-electron chi connectivity index (χ3n) is 1.94. The summed E-state index contributed by atoms with van der Waals surface area (Å²) in [7, 11) is 2.43. The Hall–Kier alpha value is -1.06. The SMILES string of the molecule is CBC1C=CC(C(=O)OC)=NC1. The van der Waals surface area contributed by atoms with Crippen LogP contribution in [0.25, 0.3) is 0 Å². The lowest BCUT2D eigenvalue weighted by atomic mass is 9.66. The van der Waals surface area contributed by atoms with Gasteiger partial charge < -0.3 is 4.74 Å². The zero-order valence-corrected chi connectivity index (χ0v) is 7.41. The van der Waals surface area contributed by atoms with Crippen LogP contribution in [0.3, 0.4) is 0 Å². The molecule has 0 amide bonds. The summed E-state index contributed by atoms with van der Waals surface area (Å²) in [5.74, 6) is 0.138. The average molecular weight is 165 g/mol. The standard InChI is InChI=1S/C8H12BNO2/c1-9-6-3-4-7(10-5-6)8(11)12-2/h3-4,6,9H,5H2,1-2H3. The fourth-order valence-corrected chi connectivity index (χ4v) is 1.06. The van der Waals surface area contributed by atoms with Crippen LogP contribution >= 0.6 is 0 Å². The van der Waals surface area contributed by atoms with E-state index in [1.165, 1.54) is 7.11 Å². The van der Waals surface area contributed by atoms with Crippen molar-refractivity contribution in [2.45, 2.75) is 12.6 Å². The quantitative estimate of drug-likeness (QED) is 0.440. The molecule has 0 fully saturated rings. The van der Waals surface area contributed by atoms with Crippen LogP contribution in [0, 0.1) is 0 Å². The first-order valence-electron chi connectivity index (χ1n) is 4.09. The van der Waals surface area contributed by atoms with Gasteiger partial charge in [-0.25, -0.2) is 4.79 Å². The molecule has 1 unspecified atom stereocenters. The van der Waals surface area contributed by atoms with E-state index in [0.717, 1.165) is 7.28 Å². The Balaban J connectivity index is 2.57. The molecule has 0 aromatic heterocycles. The van der Waals surface area contributed by atoms with E-state index >= 15 is 0 Å². The molecule has 0 aliphatic carbocycles. The highest BCUT2D eigenvalue weighted by Gasteiger charge is 2.13. The molecular weight excluding hydrogens is 153 g/mol. The van der Waals surface area contributed by atoms with Gasteiger partial charge in [-0.1, -0.05) is 12.9 Å². The van der Waals surface area contributed by atoms with Crippen LogP contribution in [-0.4, -0.2) is 32.6 Å². The van der Waals surface area contributed by atoms with Gasteiger partial charge in [0.1, 0.15) is 13.0 Å². The molecule has 1 aliphatic rings. The largest absolute Gasteiger partial charge is 0.464 e. The van der Waals surface area contributed by atoms with Crippen LogP contribution in [0.5, 0.6) is 0 Å². The Morgan fingerprint density at radius 3 is 3.00 bits per heavy atom. The number of nitrogens with zero attached hydrogens (tertiary/aromatic N) is 1. The molecule has 1 atom stereocenters. The Kier molecular flexibility index (Phi) is 3.08. The number of dihydropyridines is 1. The number of hydrogen-bond acceptors (Lipinski definition) is 3. The maximum atomic E-state index is 11.0. The number of hydrogen-bond donors (Lipinski definition) is 0. The van der Waals surface area contributed by atoms with Crippen molar-refractivity contribution in [3.63, 3.8) is 0 Å². The van der Waals surface area contributed by atoms with Gasteiger partial charge in [0, 0.05) is 6.54 Å². The first kappa shape index (κ1) is 9.04. The summed E-state index contributed by atoms with van der Waals surface area (Å²) in [4.78, 5) is 15.1. The van der Waals surface area contributed by atoms with E-state index < -0.39 is 0 Å². The number of ether oxygens (including phenoxy) is 1. The second kappa shape index (κ2) is 4.09. The van der Waals surface area contributed by atoms with Crippen molar-refractivity contribution in [3.05, 3.63) is 12.2 Å². The average Bonchev–Trinajstić information content (AvgIpc) is 2.17. The second-order valence-corrected chi connectivity index (χ2v) is 2.74. The molecule has 0 radical (unpaired) electrons. The van der Waals surface area contributed by atoms with Gasteiger partial charge in [-0.15, -0.1) is 0 Å². The van der Waals surface area contributed by atoms with E-state index in [1.54, 1.807) is 6.08 Å².